The van der Waals surface area contributed by atoms with E-state index in [2.05, 4.69) is 18.7 Å². The summed E-state index contributed by atoms with van der Waals surface area (Å²) in [6.45, 7) is 11.3. The number of likely N-dealkylation sites (tertiary alicyclic amines) is 1. The second kappa shape index (κ2) is 14.6. The molecule has 1 atom stereocenters. The number of carbonyl (C=O) groups excluding carboxylic acids is 2. The van der Waals surface area contributed by atoms with Crippen LogP contribution in [0.2, 0.25) is 0 Å². The molecule has 8 heteroatoms. The minimum atomic E-state index is -0.723. The molecule has 2 heterocycles. The summed E-state index contributed by atoms with van der Waals surface area (Å²) in [5.74, 6) is 0.285. The SMILES string of the molecule is Cc1cc(OCC(C)C)ccc1C(O)=C1C(=O)C(=O)N(CCCN2CCOCC2)C1c1ccc(OCc2ccccc2)cc1. The van der Waals surface area contributed by atoms with E-state index in [1.807, 2.05) is 67.6 Å². The third-order valence-corrected chi connectivity index (χ3v) is 8.00. The first-order valence-electron chi connectivity index (χ1n) is 15.4. The van der Waals surface area contributed by atoms with Gasteiger partial charge >= 0.3 is 0 Å². The highest BCUT2D eigenvalue weighted by Gasteiger charge is 2.46. The normalized spacial score (nSPS) is 18.6. The van der Waals surface area contributed by atoms with Crippen LogP contribution in [0, 0.1) is 12.8 Å². The number of aliphatic hydroxyl groups excluding tert-OH is 1. The van der Waals surface area contributed by atoms with E-state index >= 15 is 0 Å². The van der Waals surface area contributed by atoms with Gasteiger partial charge in [0.15, 0.2) is 0 Å². The van der Waals surface area contributed by atoms with E-state index in [1.165, 1.54) is 0 Å². The van der Waals surface area contributed by atoms with E-state index in [1.54, 1.807) is 17.0 Å². The van der Waals surface area contributed by atoms with Gasteiger partial charge in [-0.2, -0.15) is 0 Å². The van der Waals surface area contributed by atoms with Crippen molar-refractivity contribution in [1.82, 2.24) is 9.80 Å². The van der Waals surface area contributed by atoms with Crippen LogP contribution in [0.3, 0.4) is 0 Å². The van der Waals surface area contributed by atoms with E-state index < -0.39 is 17.7 Å². The molecule has 44 heavy (non-hydrogen) atoms. The molecule has 0 aromatic heterocycles. The lowest BCUT2D eigenvalue weighted by Gasteiger charge is -2.29. The van der Waals surface area contributed by atoms with E-state index in [-0.39, 0.29) is 11.3 Å². The number of nitrogens with zero attached hydrogens (tertiary/aromatic N) is 2. The zero-order valence-electron chi connectivity index (χ0n) is 25.8. The standard InChI is InChI=1S/C36H42N2O6/c1-25(2)23-43-30-14-15-31(26(3)22-30)34(39)32-33(28-10-12-29(13-11-28)44-24-27-8-5-4-6-9-27)38(36(41)35(32)40)17-7-16-37-18-20-42-21-19-37/h4-6,8-15,22,25,33,39H,7,16-21,23-24H2,1-3H3. The largest absolute Gasteiger partial charge is 0.507 e. The summed E-state index contributed by atoms with van der Waals surface area (Å²) in [4.78, 5) is 31.0. The van der Waals surface area contributed by atoms with Crippen molar-refractivity contribution in [2.45, 2.75) is 39.8 Å². The van der Waals surface area contributed by atoms with Crippen LogP contribution in [-0.2, 0) is 20.9 Å². The minimum Gasteiger partial charge on any atom is -0.507 e. The molecule has 3 aromatic rings. The van der Waals surface area contributed by atoms with Crippen LogP contribution < -0.4 is 9.47 Å². The summed E-state index contributed by atoms with van der Waals surface area (Å²) in [7, 11) is 0. The summed E-state index contributed by atoms with van der Waals surface area (Å²) in [5, 5.41) is 11.6. The third-order valence-electron chi connectivity index (χ3n) is 8.00. The molecule has 0 radical (unpaired) electrons. The van der Waals surface area contributed by atoms with Crippen molar-refractivity contribution < 1.29 is 28.9 Å². The van der Waals surface area contributed by atoms with Gasteiger partial charge in [0.05, 0.1) is 31.4 Å². The van der Waals surface area contributed by atoms with E-state index in [4.69, 9.17) is 14.2 Å². The number of ether oxygens (including phenoxy) is 3. The highest BCUT2D eigenvalue weighted by atomic mass is 16.5. The van der Waals surface area contributed by atoms with Crippen molar-refractivity contribution in [3.05, 3.63) is 101 Å². The number of hydrogen-bond donors (Lipinski definition) is 1. The molecule has 0 saturated carbocycles. The maximum absolute atomic E-state index is 13.6. The lowest BCUT2D eigenvalue weighted by Crippen LogP contribution is -2.38. The lowest BCUT2D eigenvalue weighted by molar-refractivity contribution is -0.140. The van der Waals surface area contributed by atoms with Crippen LogP contribution in [0.1, 0.15) is 48.6 Å². The lowest BCUT2D eigenvalue weighted by atomic mass is 9.93. The van der Waals surface area contributed by atoms with Crippen molar-refractivity contribution in [2.24, 2.45) is 5.92 Å². The molecule has 8 nitrogen and oxygen atoms in total. The zero-order valence-corrected chi connectivity index (χ0v) is 25.8. The molecule has 3 aromatic carbocycles. The van der Waals surface area contributed by atoms with E-state index in [0.717, 1.165) is 36.3 Å². The summed E-state index contributed by atoms with van der Waals surface area (Å²) in [6, 6.07) is 22.0. The Labute approximate surface area is 259 Å². The van der Waals surface area contributed by atoms with Gasteiger partial charge in [-0.3, -0.25) is 14.5 Å². The molecule has 2 aliphatic heterocycles. The quantitative estimate of drug-likeness (QED) is 0.161. The number of hydrogen-bond acceptors (Lipinski definition) is 7. The average molecular weight is 599 g/mol. The summed E-state index contributed by atoms with van der Waals surface area (Å²) < 4.78 is 17.3. The van der Waals surface area contributed by atoms with Crippen molar-refractivity contribution in [3.8, 4) is 11.5 Å². The predicted molar refractivity (Wildman–Crippen MR) is 170 cm³/mol. The number of aliphatic hydroxyl groups is 1. The first kappa shape index (κ1) is 31.3. The number of Topliss-reactive ketones (excluding diaryl/α,β-unsaturated/α-hetero) is 1. The third kappa shape index (κ3) is 7.49. The smallest absolute Gasteiger partial charge is 0.295 e. The van der Waals surface area contributed by atoms with E-state index in [9.17, 15) is 14.7 Å². The van der Waals surface area contributed by atoms with Crippen molar-refractivity contribution in [2.75, 3.05) is 46.0 Å². The van der Waals surface area contributed by atoms with Gasteiger partial charge in [0.25, 0.3) is 11.7 Å². The zero-order chi connectivity index (χ0) is 31.1. The molecule has 1 amide bonds. The van der Waals surface area contributed by atoms with Crippen LogP contribution in [0.4, 0.5) is 0 Å². The number of benzene rings is 3. The average Bonchev–Trinajstić information content (AvgIpc) is 3.29. The number of rotatable bonds is 12. The molecule has 232 valence electrons. The Balaban J connectivity index is 1.43. The number of aryl methyl sites for hydroxylation is 1. The van der Waals surface area contributed by atoms with Gasteiger partial charge in [0, 0.05) is 31.7 Å². The van der Waals surface area contributed by atoms with Crippen molar-refractivity contribution in [3.63, 3.8) is 0 Å². The first-order valence-corrected chi connectivity index (χ1v) is 15.4. The molecule has 0 bridgehead atoms. The highest BCUT2D eigenvalue weighted by Crippen LogP contribution is 2.40. The Bertz CT molecular complexity index is 1460. The maximum atomic E-state index is 13.6. The van der Waals surface area contributed by atoms with Crippen molar-refractivity contribution in [1.29, 1.82) is 0 Å². The molecule has 2 fully saturated rings. The molecule has 1 N–H and O–H groups in total. The van der Waals surface area contributed by atoms with Gasteiger partial charge in [-0.05, 0) is 66.3 Å². The Morgan fingerprint density at radius 3 is 2.32 bits per heavy atom. The van der Waals surface area contributed by atoms with Crippen LogP contribution in [0.5, 0.6) is 11.5 Å². The van der Waals surface area contributed by atoms with Gasteiger partial charge in [-0.25, -0.2) is 0 Å². The molecule has 0 spiro atoms. The van der Waals surface area contributed by atoms with Crippen LogP contribution >= 0.6 is 0 Å². The van der Waals surface area contributed by atoms with Crippen LogP contribution in [-0.4, -0.2) is 72.6 Å². The topological polar surface area (TPSA) is 88.5 Å². The fourth-order valence-corrected chi connectivity index (χ4v) is 5.63. The molecule has 1 unspecified atom stereocenters. The van der Waals surface area contributed by atoms with E-state index in [0.29, 0.717) is 62.4 Å². The second-order valence-corrected chi connectivity index (χ2v) is 11.8. The molecular formula is C36H42N2O6. The Morgan fingerprint density at radius 1 is 0.932 bits per heavy atom. The number of morpholine rings is 1. The van der Waals surface area contributed by atoms with Crippen LogP contribution in [0.25, 0.3) is 5.76 Å². The summed E-state index contributed by atoms with van der Waals surface area (Å²) >= 11 is 0. The van der Waals surface area contributed by atoms with Crippen LogP contribution in [0.15, 0.2) is 78.4 Å². The minimum absolute atomic E-state index is 0.0956. The summed E-state index contributed by atoms with van der Waals surface area (Å²) in [5.41, 5.74) is 3.14. The number of carbonyl (C=O) groups is 2. The maximum Gasteiger partial charge on any atom is 0.295 e. The molecule has 0 aliphatic carbocycles. The van der Waals surface area contributed by atoms with Gasteiger partial charge in [0.1, 0.15) is 23.9 Å². The first-order chi connectivity index (χ1) is 21.3. The van der Waals surface area contributed by atoms with Gasteiger partial charge in [0.2, 0.25) is 0 Å². The number of ketones is 1. The monoisotopic (exact) mass is 598 g/mol. The van der Waals surface area contributed by atoms with Gasteiger partial charge < -0.3 is 24.2 Å². The highest BCUT2D eigenvalue weighted by molar-refractivity contribution is 6.46. The molecule has 2 saturated heterocycles. The predicted octanol–water partition coefficient (Wildman–Crippen LogP) is 5.75. The van der Waals surface area contributed by atoms with Gasteiger partial charge in [-0.1, -0.05) is 56.3 Å². The van der Waals surface area contributed by atoms with Gasteiger partial charge in [-0.15, -0.1) is 0 Å². The Kier molecular flexibility index (Phi) is 10.4. The molecule has 2 aliphatic rings. The molecular weight excluding hydrogens is 556 g/mol. The van der Waals surface area contributed by atoms with Crippen molar-refractivity contribution >= 4 is 17.4 Å². The molecule has 5 rings (SSSR count). The fourth-order valence-electron chi connectivity index (χ4n) is 5.63. The summed E-state index contributed by atoms with van der Waals surface area (Å²) in [6.07, 6.45) is 0.697. The number of amides is 1. The Hall–Kier alpha value is -4.14. The fraction of sp³-hybridized carbons (Fsp3) is 0.389. The Morgan fingerprint density at radius 2 is 1.64 bits per heavy atom. The second-order valence-electron chi connectivity index (χ2n) is 11.8.